The highest BCUT2D eigenvalue weighted by Gasteiger charge is 2.18. The second kappa shape index (κ2) is 4.38. The van der Waals surface area contributed by atoms with Gasteiger partial charge in [0.05, 0.1) is 11.6 Å². The van der Waals surface area contributed by atoms with Crippen molar-refractivity contribution >= 4 is 22.8 Å². The summed E-state index contributed by atoms with van der Waals surface area (Å²) in [6, 6.07) is 1.94. The summed E-state index contributed by atoms with van der Waals surface area (Å²) in [4.78, 5) is 12.4. The number of rotatable bonds is 2. The monoisotopic (exact) mass is 245 g/mol. The molecule has 18 heavy (non-hydrogen) atoms. The van der Waals surface area contributed by atoms with Crippen LogP contribution < -0.4 is 11.5 Å². The van der Waals surface area contributed by atoms with Crippen molar-refractivity contribution in [2.45, 2.75) is 25.4 Å². The van der Waals surface area contributed by atoms with E-state index in [1.54, 1.807) is 6.20 Å². The smallest absolute Gasteiger partial charge is 0.222 e. The lowest BCUT2D eigenvalue weighted by molar-refractivity contribution is 0.111. The maximum atomic E-state index is 5.81. The Balaban J connectivity index is 2.05. The number of aromatic nitrogens is 3. The van der Waals surface area contributed by atoms with Gasteiger partial charge in [0.25, 0.3) is 0 Å². The maximum Gasteiger partial charge on any atom is 0.222 e. The van der Waals surface area contributed by atoms with Crippen LogP contribution in [0, 0.1) is 0 Å². The molecule has 0 bridgehead atoms. The van der Waals surface area contributed by atoms with Gasteiger partial charge in [-0.3, -0.25) is 4.98 Å². The molecule has 4 N–H and O–H groups in total. The topological polar surface area (TPSA) is 99.9 Å². The summed E-state index contributed by atoms with van der Waals surface area (Å²) in [7, 11) is 0. The van der Waals surface area contributed by atoms with Gasteiger partial charge in [0.2, 0.25) is 5.95 Å². The van der Waals surface area contributed by atoms with Crippen molar-refractivity contribution in [3.8, 4) is 0 Å². The zero-order valence-electron chi connectivity index (χ0n) is 9.97. The fourth-order valence-electron chi connectivity index (χ4n) is 2.34. The SMILES string of the molecule is Nc1nc(N)c2nccc(CC3CCCO3)c2n1. The highest BCUT2D eigenvalue weighted by Crippen LogP contribution is 2.23. The number of pyridine rings is 1. The molecule has 1 aliphatic rings. The number of hydrogen-bond acceptors (Lipinski definition) is 6. The first kappa shape index (κ1) is 11.2. The summed E-state index contributed by atoms with van der Waals surface area (Å²) in [5.74, 6) is 0.508. The number of ether oxygens (including phenoxy) is 1. The third kappa shape index (κ3) is 1.95. The molecule has 0 spiro atoms. The molecule has 6 heteroatoms. The van der Waals surface area contributed by atoms with E-state index >= 15 is 0 Å². The van der Waals surface area contributed by atoms with E-state index in [9.17, 15) is 0 Å². The molecule has 1 saturated heterocycles. The molecule has 0 radical (unpaired) electrons. The van der Waals surface area contributed by atoms with Crippen molar-refractivity contribution in [2.75, 3.05) is 18.1 Å². The Morgan fingerprint density at radius 3 is 2.94 bits per heavy atom. The first-order valence-electron chi connectivity index (χ1n) is 6.02. The highest BCUT2D eigenvalue weighted by atomic mass is 16.5. The molecule has 2 aromatic rings. The van der Waals surface area contributed by atoms with Crippen molar-refractivity contribution in [3.63, 3.8) is 0 Å². The minimum Gasteiger partial charge on any atom is -0.382 e. The summed E-state index contributed by atoms with van der Waals surface area (Å²) in [5.41, 5.74) is 13.9. The van der Waals surface area contributed by atoms with Crippen molar-refractivity contribution in [1.82, 2.24) is 15.0 Å². The van der Waals surface area contributed by atoms with E-state index in [4.69, 9.17) is 16.2 Å². The predicted octanol–water partition coefficient (Wildman–Crippen LogP) is 0.911. The molecule has 3 heterocycles. The molecule has 1 fully saturated rings. The van der Waals surface area contributed by atoms with E-state index in [1.807, 2.05) is 6.07 Å². The zero-order chi connectivity index (χ0) is 12.5. The van der Waals surface area contributed by atoms with Crippen LogP contribution in [0.25, 0.3) is 11.0 Å². The van der Waals surface area contributed by atoms with E-state index in [2.05, 4.69) is 15.0 Å². The second-order valence-electron chi connectivity index (χ2n) is 4.47. The quantitative estimate of drug-likeness (QED) is 0.815. The summed E-state index contributed by atoms with van der Waals surface area (Å²) >= 11 is 0. The average Bonchev–Trinajstić information content (AvgIpc) is 2.83. The van der Waals surface area contributed by atoms with E-state index in [0.717, 1.165) is 36.9 Å². The van der Waals surface area contributed by atoms with Crippen LogP contribution in [-0.4, -0.2) is 27.7 Å². The molecule has 0 amide bonds. The molecule has 0 saturated carbocycles. The second-order valence-corrected chi connectivity index (χ2v) is 4.47. The van der Waals surface area contributed by atoms with E-state index in [0.29, 0.717) is 11.3 Å². The van der Waals surface area contributed by atoms with Crippen LogP contribution in [0.4, 0.5) is 11.8 Å². The minimum absolute atomic E-state index is 0.182. The van der Waals surface area contributed by atoms with Gasteiger partial charge >= 0.3 is 0 Å². The number of nitrogens with two attached hydrogens (primary N) is 2. The van der Waals surface area contributed by atoms with Crippen LogP contribution in [0.15, 0.2) is 12.3 Å². The Morgan fingerprint density at radius 1 is 1.28 bits per heavy atom. The van der Waals surface area contributed by atoms with Gasteiger partial charge < -0.3 is 16.2 Å². The van der Waals surface area contributed by atoms with Crippen LogP contribution in [-0.2, 0) is 11.2 Å². The van der Waals surface area contributed by atoms with Gasteiger partial charge in [-0.2, -0.15) is 4.98 Å². The van der Waals surface area contributed by atoms with E-state index in [1.165, 1.54) is 0 Å². The lowest BCUT2D eigenvalue weighted by Gasteiger charge is -2.11. The Morgan fingerprint density at radius 2 is 2.17 bits per heavy atom. The predicted molar refractivity (Wildman–Crippen MR) is 68.8 cm³/mol. The molecule has 1 unspecified atom stereocenters. The lowest BCUT2D eigenvalue weighted by atomic mass is 10.1. The lowest BCUT2D eigenvalue weighted by Crippen LogP contribution is -2.11. The molecule has 1 atom stereocenters. The number of anilines is 2. The first-order valence-corrected chi connectivity index (χ1v) is 6.02. The molecule has 0 aromatic carbocycles. The Labute approximate surface area is 104 Å². The van der Waals surface area contributed by atoms with Crippen LogP contribution in [0.5, 0.6) is 0 Å². The zero-order valence-corrected chi connectivity index (χ0v) is 9.97. The van der Waals surface area contributed by atoms with Crippen LogP contribution >= 0.6 is 0 Å². The van der Waals surface area contributed by atoms with E-state index in [-0.39, 0.29) is 12.1 Å². The van der Waals surface area contributed by atoms with Crippen LogP contribution in [0.3, 0.4) is 0 Å². The van der Waals surface area contributed by atoms with Gasteiger partial charge in [-0.15, -0.1) is 0 Å². The summed E-state index contributed by atoms with van der Waals surface area (Å²) < 4.78 is 5.64. The standard InChI is InChI=1S/C12H15N5O/c13-11-10-9(16-12(14)17-11)7(3-4-15-10)6-8-2-1-5-18-8/h3-4,8H,1-2,5-6H2,(H4,13,14,16,17). The fraction of sp³-hybridized carbons (Fsp3) is 0.417. The average molecular weight is 245 g/mol. The highest BCUT2D eigenvalue weighted by molar-refractivity contribution is 5.87. The molecular weight excluding hydrogens is 230 g/mol. The maximum absolute atomic E-state index is 5.81. The number of hydrogen-bond donors (Lipinski definition) is 2. The molecule has 94 valence electrons. The molecule has 6 nitrogen and oxygen atoms in total. The van der Waals surface area contributed by atoms with Crippen LogP contribution in [0.1, 0.15) is 18.4 Å². The fourth-order valence-corrected chi connectivity index (χ4v) is 2.34. The van der Waals surface area contributed by atoms with Gasteiger partial charge in [-0.05, 0) is 24.5 Å². The third-order valence-corrected chi connectivity index (χ3v) is 3.18. The van der Waals surface area contributed by atoms with Gasteiger partial charge in [0, 0.05) is 19.2 Å². The Bertz CT molecular complexity index is 580. The number of nitrogens with zero attached hydrogens (tertiary/aromatic N) is 3. The molecular formula is C12H15N5O. The van der Waals surface area contributed by atoms with Crippen molar-refractivity contribution < 1.29 is 4.74 Å². The van der Waals surface area contributed by atoms with Crippen LogP contribution in [0.2, 0.25) is 0 Å². The van der Waals surface area contributed by atoms with Gasteiger partial charge in [-0.25, -0.2) is 4.98 Å². The third-order valence-electron chi connectivity index (χ3n) is 3.18. The number of nitrogen functional groups attached to an aromatic ring is 2. The minimum atomic E-state index is 0.182. The van der Waals surface area contributed by atoms with Crippen molar-refractivity contribution in [2.24, 2.45) is 0 Å². The Kier molecular flexibility index (Phi) is 2.71. The van der Waals surface area contributed by atoms with Crippen molar-refractivity contribution in [3.05, 3.63) is 17.8 Å². The molecule has 2 aromatic heterocycles. The molecule has 3 rings (SSSR count). The molecule has 0 aliphatic carbocycles. The largest absolute Gasteiger partial charge is 0.382 e. The number of fused-ring (bicyclic) bond motifs is 1. The van der Waals surface area contributed by atoms with Gasteiger partial charge in [0.15, 0.2) is 5.82 Å². The normalized spacial score (nSPS) is 19.4. The molecule has 1 aliphatic heterocycles. The van der Waals surface area contributed by atoms with E-state index < -0.39 is 0 Å². The van der Waals surface area contributed by atoms with Crippen molar-refractivity contribution in [1.29, 1.82) is 0 Å². The van der Waals surface area contributed by atoms with Gasteiger partial charge in [0.1, 0.15) is 5.52 Å². The first-order chi connectivity index (χ1) is 8.74. The van der Waals surface area contributed by atoms with Gasteiger partial charge in [-0.1, -0.05) is 0 Å². The summed E-state index contributed by atoms with van der Waals surface area (Å²) in [5, 5.41) is 0. The summed E-state index contributed by atoms with van der Waals surface area (Å²) in [6.07, 6.45) is 5.00. The summed E-state index contributed by atoms with van der Waals surface area (Å²) in [6.45, 7) is 0.840. The Hall–Kier alpha value is -1.95.